The van der Waals surface area contributed by atoms with Gasteiger partial charge in [0.25, 0.3) is 0 Å². The van der Waals surface area contributed by atoms with Crippen LogP contribution in [0.15, 0.2) is 58.7 Å². The van der Waals surface area contributed by atoms with Gasteiger partial charge in [-0.2, -0.15) is 0 Å². The van der Waals surface area contributed by atoms with Crippen molar-refractivity contribution in [1.82, 2.24) is 9.97 Å². The molecule has 9 heteroatoms. The normalized spacial score (nSPS) is 10.6. The monoisotopic (exact) mass is 459 g/mol. The van der Waals surface area contributed by atoms with Crippen molar-refractivity contribution in [3.05, 3.63) is 71.0 Å². The van der Waals surface area contributed by atoms with Crippen molar-refractivity contribution in [1.29, 1.82) is 0 Å². The van der Waals surface area contributed by atoms with E-state index >= 15 is 0 Å². The maximum atomic E-state index is 13.2. The number of carbonyl (C=O) groups excluding carboxylic acids is 1. The average molecular weight is 460 g/mol. The molecule has 31 heavy (non-hydrogen) atoms. The lowest BCUT2D eigenvalue weighted by Crippen LogP contribution is -2.13. The number of thioether (sulfide) groups is 2. The second-order valence-electron chi connectivity index (χ2n) is 6.35. The fourth-order valence-corrected chi connectivity index (χ4v) is 4.09. The van der Waals surface area contributed by atoms with Gasteiger partial charge in [0.2, 0.25) is 0 Å². The van der Waals surface area contributed by atoms with E-state index in [4.69, 9.17) is 9.47 Å². The van der Waals surface area contributed by atoms with E-state index in [0.717, 1.165) is 16.9 Å². The first kappa shape index (κ1) is 22.9. The van der Waals surface area contributed by atoms with Crippen LogP contribution in [0.1, 0.15) is 21.5 Å². The number of hydrogen-bond acceptors (Lipinski definition) is 8. The molecule has 1 aromatic heterocycles. The number of carbonyl (C=O) groups is 1. The average Bonchev–Trinajstić information content (AvgIpc) is 2.81. The molecule has 3 aromatic rings. The van der Waals surface area contributed by atoms with E-state index in [0.29, 0.717) is 28.3 Å². The molecule has 0 saturated heterocycles. The van der Waals surface area contributed by atoms with E-state index in [-0.39, 0.29) is 11.4 Å². The number of aromatic nitrogens is 2. The summed E-state index contributed by atoms with van der Waals surface area (Å²) in [5, 5.41) is 4.24. The third-order valence-electron chi connectivity index (χ3n) is 4.34. The van der Waals surface area contributed by atoms with E-state index in [9.17, 15) is 9.18 Å². The van der Waals surface area contributed by atoms with Gasteiger partial charge in [0.15, 0.2) is 5.16 Å². The molecule has 0 saturated carbocycles. The minimum atomic E-state index is -0.522. The summed E-state index contributed by atoms with van der Waals surface area (Å²) in [7, 11) is 2.95. The zero-order valence-electron chi connectivity index (χ0n) is 17.3. The highest BCUT2D eigenvalue weighted by molar-refractivity contribution is 7.99. The van der Waals surface area contributed by atoms with Crippen molar-refractivity contribution in [2.24, 2.45) is 0 Å². The van der Waals surface area contributed by atoms with Crippen LogP contribution in [0.25, 0.3) is 0 Å². The SMILES string of the molecule is COC(=O)c1c(NCc2ccc(F)cc2)nc(SC)nc1SCc1ccc(OC)cc1. The van der Waals surface area contributed by atoms with Crippen LogP contribution in [0.5, 0.6) is 5.75 Å². The number of halogens is 1. The van der Waals surface area contributed by atoms with Gasteiger partial charge in [-0.1, -0.05) is 36.0 Å². The molecule has 1 N–H and O–H groups in total. The molecule has 6 nitrogen and oxygen atoms in total. The highest BCUT2D eigenvalue weighted by Gasteiger charge is 2.22. The van der Waals surface area contributed by atoms with Gasteiger partial charge in [-0.05, 0) is 41.6 Å². The van der Waals surface area contributed by atoms with E-state index in [1.165, 1.54) is 42.8 Å². The molecule has 0 aliphatic rings. The topological polar surface area (TPSA) is 73.3 Å². The van der Waals surface area contributed by atoms with Crippen molar-refractivity contribution in [3.63, 3.8) is 0 Å². The maximum absolute atomic E-state index is 13.2. The van der Waals surface area contributed by atoms with Crippen LogP contribution in [-0.2, 0) is 17.0 Å². The van der Waals surface area contributed by atoms with Gasteiger partial charge in [-0.15, -0.1) is 11.8 Å². The van der Waals surface area contributed by atoms with Crippen LogP contribution in [0.3, 0.4) is 0 Å². The van der Waals surface area contributed by atoms with E-state index in [2.05, 4.69) is 15.3 Å². The number of methoxy groups -OCH3 is 2. The molecule has 0 fully saturated rings. The van der Waals surface area contributed by atoms with Gasteiger partial charge in [-0.3, -0.25) is 0 Å². The molecule has 0 spiro atoms. The largest absolute Gasteiger partial charge is 0.497 e. The Kier molecular flexibility index (Phi) is 8.13. The van der Waals surface area contributed by atoms with E-state index in [1.54, 1.807) is 19.2 Å². The number of rotatable bonds is 9. The summed E-state index contributed by atoms with van der Waals surface area (Å²) in [6.45, 7) is 0.373. The number of esters is 1. The van der Waals surface area contributed by atoms with Crippen LogP contribution in [0.4, 0.5) is 10.2 Å². The number of benzene rings is 2. The zero-order valence-corrected chi connectivity index (χ0v) is 19.0. The predicted molar refractivity (Wildman–Crippen MR) is 121 cm³/mol. The first-order valence-electron chi connectivity index (χ1n) is 9.32. The summed E-state index contributed by atoms with van der Waals surface area (Å²) in [6.07, 6.45) is 1.87. The molecule has 2 aromatic carbocycles. The molecule has 0 unspecified atom stereocenters. The Bertz CT molecular complexity index is 1030. The van der Waals surface area contributed by atoms with Crippen molar-refractivity contribution in [3.8, 4) is 5.75 Å². The molecule has 1 heterocycles. The van der Waals surface area contributed by atoms with E-state index < -0.39 is 5.97 Å². The molecule has 0 aliphatic heterocycles. The molecular weight excluding hydrogens is 437 g/mol. The summed E-state index contributed by atoms with van der Waals surface area (Å²) in [4.78, 5) is 21.6. The second kappa shape index (κ2) is 11.0. The van der Waals surface area contributed by atoms with Crippen molar-refractivity contribution >= 4 is 35.3 Å². The van der Waals surface area contributed by atoms with Crippen LogP contribution in [0.2, 0.25) is 0 Å². The zero-order chi connectivity index (χ0) is 22.2. The Balaban J connectivity index is 1.87. The molecule has 0 bridgehead atoms. The van der Waals surface area contributed by atoms with Gasteiger partial charge >= 0.3 is 5.97 Å². The smallest absolute Gasteiger partial charge is 0.344 e. The van der Waals surface area contributed by atoms with Crippen molar-refractivity contribution in [2.45, 2.75) is 22.5 Å². The summed E-state index contributed by atoms with van der Waals surface area (Å²) >= 11 is 2.81. The molecule has 0 amide bonds. The van der Waals surface area contributed by atoms with Crippen molar-refractivity contribution in [2.75, 3.05) is 25.8 Å². The highest BCUT2D eigenvalue weighted by Crippen LogP contribution is 2.31. The van der Waals surface area contributed by atoms with Gasteiger partial charge in [0.05, 0.1) is 14.2 Å². The van der Waals surface area contributed by atoms with Gasteiger partial charge in [-0.25, -0.2) is 19.2 Å². The Morgan fingerprint density at radius 1 is 1.03 bits per heavy atom. The minimum absolute atomic E-state index is 0.279. The predicted octanol–water partition coefficient (Wildman–Crippen LogP) is 5.04. The Morgan fingerprint density at radius 3 is 2.32 bits per heavy atom. The van der Waals surface area contributed by atoms with Gasteiger partial charge in [0, 0.05) is 12.3 Å². The lowest BCUT2D eigenvalue weighted by molar-refractivity contribution is 0.0596. The second-order valence-corrected chi connectivity index (χ2v) is 8.08. The van der Waals surface area contributed by atoms with Crippen LogP contribution in [0, 0.1) is 5.82 Å². The molecule has 162 valence electrons. The third-order valence-corrected chi connectivity index (χ3v) is 5.93. The lowest BCUT2D eigenvalue weighted by Gasteiger charge is -2.14. The molecule has 0 aliphatic carbocycles. The van der Waals surface area contributed by atoms with Crippen LogP contribution in [-0.4, -0.2) is 36.4 Å². The maximum Gasteiger partial charge on any atom is 0.344 e. The number of hydrogen-bond donors (Lipinski definition) is 1. The van der Waals surface area contributed by atoms with E-state index in [1.807, 2.05) is 30.5 Å². The summed E-state index contributed by atoms with van der Waals surface area (Å²) < 4.78 is 23.4. The molecule has 3 rings (SSSR count). The lowest BCUT2D eigenvalue weighted by atomic mass is 10.2. The number of anilines is 1. The molecule has 0 atom stereocenters. The van der Waals surface area contributed by atoms with Crippen LogP contribution >= 0.6 is 23.5 Å². The number of nitrogens with one attached hydrogen (secondary N) is 1. The first-order chi connectivity index (χ1) is 15.0. The fraction of sp³-hybridized carbons (Fsp3) is 0.227. The van der Waals surface area contributed by atoms with Gasteiger partial charge < -0.3 is 14.8 Å². The van der Waals surface area contributed by atoms with Crippen LogP contribution < -0.4 is 10.1 Å². The third kappa shape index (κ3) is 6.11. The van der Waals surface area contributed by atoms with Crippen molar-refractivity contribution < 1.29 is 18.7 Å². The first-order valence-corrected chi connectivity index (χ1v) is 11.5. The Labute approximate surface area is 189 Å². The quantitative estimate of drug-likeness (QED) is 0.207. The van der Waals surface area contributed by atoms with Gasteiger partial charge in [0.1, 0.15) is 28.0 Å². The summed E-state index contributed by atoms with van der Waals surface area (Å²) in [6, 6.07) is 13.8. The number of nitrogens with zero attached hydrogens (tertiary/aromatic N) is 2. The number of ether oxygens (including phenoxy) is 2. The Morgan fingerprint density at radius 2 is 1.71 bits per heavy atom. The molecular formula is C22H22FN3O3S2. The highest BCUT2D eigenvalue weighted by atomic mass is 32.2. The molecule has 0 radical (unpaired) electrons. The standard InChI is InChI=1S/C22H22FN3O3S2/c1-28-17-10-6-15(7-11-17)13-31-20-18(21(27)29-2)19(25-22(26-20)30-3)24-12-14-4-8-16(23)9-5-14/h4-11H,12-13H2,1-3H3,(H,24,25,26). The summed E-state index contributed by atoms with van der Waals surface area (Å²) in [5.74, 6) is 0.945. The summed E-state index contributed by atoms with van der Waals surface area (Å²) in [5.41, 5.74) is 2.20. The fourth-order valence-electron chi connectivity index (χ4n) is 2.69. The Hall–Kier alpha value is -2.78. The minimum Gasteiger partial charge on any atom is -0.497 e.